The molecule has 0 aliphatic rings. The van der Waals surface area contributed by atoms with E-state index >= 15 is 0 Å². The zero-order chi connectivity index (χ0) is 13.5. The van der Waals surface area contributed by atoms with Crippen LogP contribution < -0.4 is 10.1 Å². The second-order valence-electron chi connectivity index (χ2n) is 3.61. The first-order valence-electron chi connectivity index (χ1n) is 5.43. The van der Waals surface area contributed by atoms with E-state index in [1.165, 1.54) is 0 Å². The smallest absolute Gasteiger partial charge is 0.326 e. The molecule has 2 N–H and O–H groups in total. The number of rotatable bonds is 6. The minimum atomic E-state index is -1.05. The zero-order valence-electron chi connectivity index (χ0n) is 9.85. The lowest BCUT2D eigenvalue weighted by Crippen LogP contribution is -2.42. The van der Waals surface area contributed by atoms with Crippen molar-refractivity contribution < 1.29 is 19.4 Å². The van der Waals surface area contributed by atoms with E-state index in [1.54, 1.807) is 25.1 Å². The van der Waals surface area contributed by atoms with Crippen LogP contribution in [0.15, 0.2) is 28.7 Å². The van der Waals surface area contributed by atoms with Gasteiger partial charge >= 0.3 is 5.97 Å². The SMILES string of the molecule is CC[C@@H](NC(=O)COc1cccc(Br)c1)C(=O)O. The van der Waals surface area contributed by atoms with E-state index in [0.717, 1.165) is 4.47 Å². The van der Waals surface area contributed by atoms with Gasteiger partial charge < -0.3 is 15.2 Å². The van der Waals surface area contributed by atoms with Crippen molar-refractivity contribution in [1.82, 2.24) is 5.32 Å². The Hall–Kier alpha value is -1.56. The van der Waals surface area contributed by atoms with Gasteiger partial charge in [-0.1, -0.05) is 28.9 Å². The number of carbonyl (C=O) groups is 2. The molecule has 1 rings (SSSR count). The predicted molar refractivity (Wildman–Crippen MR) is 69.5 cm³/mol. The molecule has 0 bridgehead atoms. The largest absolute Gasteiger partial charge is 0.484 e. The minimum absolute atomic E-state index is 0.208. The molecule has 0 saturated carbocycles. The van der Waals surface area contributed by atoms with Gasteiger partial charge in [-0.05, 0) is 24.6 Å². The molecule has 1 aromatic carbocycles. The Bertz CT molecular complexity index is 436. The van der Waals surface area contributed by atoms with Gasteiger partial charge in [0.1, 0.15) is 11.8 Å². The van der Waals surface area contributed by atoms with Gasteiger partial charge in [-0.2, -0.15) is 0 Å². The van der Waals surface area contributed by atoms with Crippen LogP contribution in [0.25, 0.3) is 0 Å². The number of aliphatic carboxylic acids is 1. The number of carbonyl (C=O) groups excluding carboxylic acids is 1. The van der Waals surface area contributed by atoms with Crippen molar-refractivity contribution in [1.29, 1.82) is 0 Å². The standard InChI is InChI=1S/C12H14BrNO4/c1-2-10(12(16)17)14-11(15)7-18-9-5-3-4-8(13)6-9/h3-6,10H,2,7H2,1H3,(H,14,15)(H,16,17)/t10-/m1/s1. The quantitative estimate of drug-likeness (QED) is 0.839. The second-order valence-corrected chi connectivity index (χ2v) is 4.53. The van der Waals surface area contributed by atoms with Crippen molar-refractivity contribution in [3.63, 3.8) is 0 Å². The molecule has 1 atom stereocenters. The molecule has 0 spiro atoms. The fourth-order valence-corrected chi connectivity index (χ4v) is 1.66. The average molecular weight is 316 g/mol. The highest BCUT2D eigenvalue weighted by atomic mass is 79.9. The summed E-state index contributed by atoms with van der Waals surface area (Å²) in [7, 11) is 0. The van der Waals surface area contributed by atoms with Gasteiger partial charge in [0.05, 0.1) is 0 Å². The normalized spacial score (nSPS) is 11.7. The molecule has 0 aromatic heterocycles. The lowest BCUT2D eigenvalue weighted by atomic mass is 10.2. The summed E-state index contributed by atoms with van der Waals surface area (Å²) >= 11 is 3.28. The first-order chi connectivity index (χ1) is 8.52. The van der Waals surface area contributed by atoms with E-state index in [4.69, 9.17) is 9.84 Å². The van der Waals surface area contributed by atoms with E-state index in [1.807, 2.05) is 6.07 Å². The maximum absolute atomic E-state index is 11.5. The van der Waals surface area contributed by atoms with Crippen LogP contribution in [0.5, 0.6) is 5.75 Å². The summed E-state index contributed by atoms with van der Waals surface area (Å²) < 4.78 is 6.08. The van der Waals surface area contributed by atoms with Crippen LogP contribution in [-0.2, 0) is 9.59 Å². The van der Waals surface area contributed by atoms with Crippen LogP contribution in [0.3, 0.4) is 0 Å². The molecule has 0 saturated heterocycles. The van der Waals surface area contributed by atoms with Crippen molar-refractivity contribution in [2.75, 3.05) is 6.61 Å². The fourth-order valence-electron chi connectivity index (χ4n) is 1.28. The maximum Gasteiger partial charge on any atom is 0.326 e. The molecule has 0 unspecified atom stereocenters. The van der Waals surface area contributed by atoms with Gasteiger partial charge in [0.15, 0.2) is 6.61 Å². The summed E-state index contributed by atoms with van der Waals surface area (Å²) in [5.74, 6) is -0.958. The monoisotopic (exact) mass is 315 g/mol. The van der Waals surface area contributed by atoms with Gasteiger partial charge in [0, 0.05) is 4.47 Å². The second kappa shape index (κ2) is 7.00. The average Bonchev–Trinajstić information content (AvgIpc) is 2.33. The highest BCUT2D eigenvalue weighted by Crippen LogP contribution is 2.17. The van der Waals surface area contributed by atoms with Crippen molar-refractivity contribution >= 4 is 27.8 Å². The third-order valence-electron chi connectivity index (χ3n) is 2.21. The number of ether oxygens (including phenoxy) is 1. The molecule has 0 heterocycles. The summed E-state index contributed by atoms with van der Waals surface area (Å²) in [6.45, 7) is 1.48. The van der Waals surface area contributed by atoms with E-state index in [-0.39, 0.29) is 6.61 Å². The Kier molecular flexibility index (Phi) is 5.64. The zero-order valence-corrected chi connectivity index (χ0v) is 11.4. The topological polar surface area (TPSA) is 75.6 Å². The lowest BCUT2D eigenvalue weighted by Gasteiger charge is -2.12. The molecule has 0 aliphatic heterocycles. The van der Waals surface area contributed by atoms with Gasteiger partial charge in [-0.3, -0.25) is 4.79 Å². The van der Waals surface area contributed by atoms with Crippen LogP contribution >= 0.6 is 15.9 Å². The first kappa shape index (κ1) is 14.5. The summed E-state index contributed by atoms with van der Waals surface area (Å²) in [5, 5.41) is 11.2. The van der Waals surface area contributed by atoms with E-state index < -0.39 is 17.9 Å². The van der Waals surface area contributed by atoms with Crippen LogP contribution in [0.2, 0.25) is 0 Å². The number of hydrogen-bond donors (Lipinski definition) is 2. The molecule has 0 aliphatic carbocycles. The molecule has 5 nitrogen and oxygen atoms in total. The molecular weight excluding hydrogens is 302 g/mol. The van der Waals surface area contributed by atoms with E-state index in [2.05, 4.69) is 21.2 Å². The summed E-state index contributed by atoms with van der Waals surface area (Å²) in [6, 6.07) is 6.19. The van der Waals surface area contributed by atoms with Crippen LogP contribution in [0, 0.1) is 0 Å². The fraction of sp³-hybridized carbons (Fsp3) is 0.333. The summed E-state index contributed by atoms with van der Waals surface area (Å²) in [6.07, 6.45) is 0.331. The van der Waals surface area contributed by atoms with Crippen molar-refractivity contribution in [2.45, 2.75) is 19.4 Å². The molecule has 1 aromatic rings. The summed E-state index contributed by atoms with van der Waals surface area (Å²) in [4.78, 5) is 22.2. The number of hydrogen-bond acceptors (Lipinski definition) is 3. The van der Waals surface area contributed by atoms with E-state index in [0.29, 0.717) is 12.2 Å². The van der Waals surface area contributed by atoms with Crippen LogP contribution in [-0.4, -0.2) is 29.6 Å². The van der Waals surface area contributed by atoms with Gasteiger partial charge in [-0.25, -0.2) is 4.79 Å². The van der Waals surface area contributed by atoms with Crippen molar-refractivity contribution in [3.8, 4) is 5.75 Å². The Morgan fingerprint density at radius 2 is 2.22 bits per heavy atom. The Morgan fingerprint density at radius 1 is 1.50 bits per heavy atom. The Labute approximate surface area is 113 Å². The van der Waals surface area contributed by atoms with Gasteiger partial charge in [-0.15, -0.1) is 0 Å². The van der Waals surface area contributed by atoms with E-state index in [9.17, 15) is 9.59 Å². The summed E-state index contributed by atoms with van der Waals surface area (Å²) in [5.41, 5.74) is 0. The number of amides is 1. The third kappa shape index (κ3) is 4.75. The third-order valence-corrected chi connectivity index (χ3v) is 2.70. The molecule has 98 valence electrons. The highest BCUT2D eigenvalue weighted by Gasteiger charge is 2.17. The van der Waals surface area contributed by atoms with Crippen LogP contribution in [0.1, 0.15) is 13.3 Å². The minimum Gasteiger partial charge on any atom is -0.484 e. The van der Waals surface area contributed by atoms with Gasteiger partial charge in [0.2, 0.25) is 0 Å². The molecular formula is C12H14BrNO4. The Morgan fingerprint density at radius 3 is 2.78 bits per heavy atom. The van der Waals surface area contributed by atoms with Gasteiger partial charge in [0.25, 0.3) is 5.91 Å². The number of carboxylic acids is 1. The van der Waals surface area contributed by atoms with Crippen molar-refractivity contribution in [3.05, 3.63) is 28.7 Å². The first-order valence-corrected chi connectivity index (χ1v) is 6.22. The van der Waals surface area contributed by atoms with Crippen molar-refractivity contribution in [2.24, 2.45) is 0 Å². The molecule has 0 fully saturated rings. The number of nitrogens with one attached hydrogen (secondary N) is 1. The number of carboxylic acid groups (broad SMARTS) is 1. The number of benzene rings is 1. The number of halogens is 1. The maximum atomic E-state index is 11.5. The molecule has 18 heavy (non-hydrogen) atoms. The lowest BCUT2D eigenvalue weighted by molar-refractivity contribution is -0.142. The molecule has 0 radical (unpaired) electrons. The highest BCUT2D eigenvalue weighted by molar-refractivity contribution is 9.10. The van der Waals surface area contributed by atoms with Crippen LogP contribution in [0.4, 0.5) is 0 Å². The molecule has 1 amide bonds. The predicted octanol–water partition coefficient (Wildman–Crippen LogP) is 1.81. The Balaban J connectivity index is 2.44. The molecule has 6 heteroatoms.